The molecule has 1 heterocycles. The molecule has 0 fully saturated rings. The van der Waals surface area contributed by atoms with Gasteiger partial charge in [0.15, 0.2) is 0 Å². The third kappa shape index (κ3) is 4.09. The Morgan fingerprint density at radius 2 is 2.00 bits per heavy atom. The molecule has 0 bridgehead atoms. The second kappa shape index (κ2) is 7.98. The molecule has 0 aliphatic heterocycles. The Labute approximate surface area is 152 Å². The van der Waals surface area contributed by atoms with Gasteiger partial charge in [0.1, 0.15) is 0 Å². The molecule has 0 saturated heterocycles. The number of carbonyl (C=O) groups is 2. The molecule has 1 aromatic heterocycles. The number of benzene rings is 1. The maximum atomic E-state index is 12.3. The molecule has 0 unspecified atom stereocenters. The first-order chi connectivity index (χ1) is 11.9. The van der Waals surface area contributed by atoms with Gasteiger partial charge in [-0.05, 0) is 44.2 Å². The smallest absolute Gasteiger partial charge is 0.251 e. The molecule has 2 amide bonds. The molecule has 0 atom stereocenters. The zero-order valence-electron chi connectivity index (χ0n) is 14.5. The Hall–Kier alpha value is -2.60. The second-order valence-electron chi connectivity index (χ2n) is 5.50. The van der Waals surface area contributed by atoms with E-state index in [-0.39, 0.29) is 18.4 Å². The van der Waals surface area contributed by atoms with Crippen molar-refractivity contribution in [1.82, 2.24) is 15.1 Å². The van der Waals surface area contributed by atoms with Crippen LogP contribution >= 0.6 is 11.6 Å². The van der Waals surface area contributed by atoms with Crippen LogP contribution in [0.15, 0.2) is 36.9 Å². The van der Waals surface area contributed by atoms with Crippen molar-refractivity contribution in [3.05, 3.63) is 58.9 Å². The van der Waals surface area contributed by atoms with Crippen LogP contribution in [0.5, 0.6) is 0 Å². The first-order valence-corrected chi connectivity index (χ1v) is 8.27. The van der Waals surface area contributed by atoms with Gasteiger partial charge in [-0.1, -0.05) is 18.2 Å². The van der Waals surface area contributed by atoms with Crippen molar-refractivity contribution in [2.75, 3.05) is 11.4 Å². The highest BCUT2D eigenvalue weighted by atomic mass is 35.5. The average molecular weight is 361 g/mol. The van der Waals surface area contributed by atoms with Crippen LogP contribution in [0.25, 0.3) is 0 Å². The van der Waals surface area contributed by atoms with Crippen LogP contribution < -0.4 is 10.2 Å². The summed E-state index contributed by atoms with van der Waals surface area (Å²) in [6.45, 7) is 8.03. The summed E-state index contributed by atoms with van der Waals surface area (Å²) >= 11 is 6.29. The summed E-state index contributed by atoms with van der Waals surface area (Å²) in [5.41, 5.74) is 2.61. The number of amides is 2. The van der Waals surface area contributed by atoms with Crippen LogP contribution in [0, 0.1) is 6.92 Å². The van der Waals surface area contributed by atoms with E-state index in [0.29, 0.717) is 28.5 Å². The number of hydrogen-bond donors (Lipinski definition) is 1. The molecule has 0 saturated carbocycles. The predicted molar refractivity (Wildman–Crippen MR) is 98.8 cm³/mol. The Morgan fingerprint density at radius 1 is 1.36 bits per heavy atom. The van der Waals surface area contributed by atoms with Gasteiger partial charge < -0.3 is 10.2 Å². The zero-order chi connectivity index (χ0) is 18.6. The van der Waals surface area contributed by atoms with Crippen LogP contribution in [0.2, 0.25) is 5.02 Å². The van der Waals surface area contributed by atoms with Crippen LogP contribution in [0.3, 0.4) is 0 Å². The van der Waals surface area contributed by atoms with Crippen molar-refractivity contribution < 1.29 is 9.59 Å². The molecule has 7 heteroatoms. The van der Waals surface area contributed by atoms with Gasteiger partial charge in [-0.25, -0.2) is 0 Å². The SMILES string of the molecule is C=CC(=O)N(Cc1c(Cl)c(C)nn1C)c1ccc(C(=O)NCC)cc1. The van der Waals surface area contributed by atoms with E-state index in [1.54, 1.807) is 36.0 Å². The number of nitrogens with zero attached hydrogens (tertiary/aromatic N) is 3. The molecule has 2 rings (SSSR count). The minimum Gasteiger partial charge on any atom is -0.352 e. The van der Waals surface area contributed by atoms with Crippen molar-refractivity contribution in [3.8, 4) is 0 Å². The number of nitrogens with one attached hydrogen (secondary N) is 1. The van der Waals surface area contributed by atoms with Crippen molar-refractivity contribution in [2.45, 2.75) is 20.4 Å². The maximum absolute atomic E-state index is 12.3. The van der Waals surface area contributed by atoms with E-state index >= 15 is 0 Å². The van der Waals surface area contributed by atoms with Crippen molar-refractivity contribution in [3.63, 3.8) is 0 Å². The highest BCUT2D eigenvalue weighted by Gasteiger charge is 2.19. The standard InChI is InChI=1S/C18H21ClN4O2/c1-5-16(24)23(11-15-17(19)12(3)21-22(15)4)14-9-7-13(8-10-14)18(25)20-6-2/h5,7-10H,1,6,11H2,2-4H3,(H,20,25). The Bertz CT molecular complexity index is 796. The fraction of sp³-hybridized carbons (Fsp3) is 0.278. The van der Waals surface area contributed by atoms with Gasteiger partial charge >= 0.3 is 0 Å². The van der Waals surface area contributed by atoms with Crippen molar-refractivity contribution in [2.24, 2.45) is 7.05 Å². The van der Waals surface area contributed by atoms with E-state index in [1.165, 1.54) is 11.0 Å². The van der Waals surface area contributed by atoms with Gasteiger partial charge in [-0.15, -0.1) is 0 Å². The summed E-state index contributed by atoms with van der Waals surface area (Å²) in [5.74, 6) is -0.415. The van der Waals surface area contributed by atoms with Crippen molar-refractivity contribution in [1.29, 1.82) is 0 Å². The molecule has 25 heavy (non-hydrogen) atoms. The average Bonchev–Trinajstić information content (AvgIpc) is 2.85. The second-order valence-corrected chi connectivity index (χ2v) is 5.88. The molecule has 0 aliphatic rings. The fourth-order valence-electron chi connectivity index (χ4n) is 2.46. The Balaban J connectivity index is 2.33. The molecule has 1 N–H and O–H groups in total. The molecule has 2 aromatic rings. The monoisotopic (exact) mass is 360 g/mol. The first-order valence-electron chi connectivity index (χ1n) is 7.89. The zero-order valence-corrected chi connectivity index (χ0v) is 15.3. The lowest BCUT2D eigenvalue weighted by Gasteiger charge is -2.22. The van der Waals surface area contributed by atoms with Gasteiger partial charge in [0, 0.05) is 24.8 Å². The summed E-state index contributed by atoms with van der Waals surface area (Å²) in [5, 5.41) is 7.54. The van der Waals surface area contributed by atoms with E-state index in [9.17, 15) is 9.59 Å². The molecule has 1 aromatic carbocycles. The molecular formula is C18H21ClN4O2. The summed E-state index contributed by atoms with van der Waals surface area (Å²) < 4.78 is 1.66. The minimum absolute atomic E-state index is 0.152. The molecular weight excluding hydrogens is 340 g/mol. The number of anilines is 1. The van der Waals surface area contributed by atoms with Crippen LogP contribution in [0.4, 0.5) is 5.69 Å². The first kappa shape index (κ1) is 18.7. The van der Waals surface area contributed by atoms with E-state index in [0.717, 1.165) is 5.69 Å². The van der Waals surface area contributed by atoms with Crippen LogP contribution in [-0.2, 0) is 18.4 Å². The summed E-state index contributed by atoms with van der Waals surface area (Å²) in [4.78, 5) is 25.7. The summed E-state index contributed by atoms with van der Waals surface area (Å²) in [6.07, 6.45) is 1.24. The van der Waals surface area contributed by atoms with E-state index in [4.69, 9.17) is 11.6 Å². The van der Waals surface area contributed by atoms with Crippen LogP contribution in [-0.4, -0.2) is 28.1 Å². The van der Waals surface area contributed by atoms with Gasteiger partial charge in [0.05, 0.1) is 23.0 Å². The number of aromatic nitrogens is 2. The number of aryl methyl sites for hydroxylation is 2. The Morgan fingerprint density at radius 3 is 2.48 bits per heavy atom. The highest BCUT2D eigenvalue weighted by molar-refractivity contribution is 6.31. The highest BCUT2D eigenvalue weighted by Crippen LogP contribution is 2.24. The molecule has 0 spiro atoms. The topological polar surface area (TPSA) is 67.2 Å². The van der Waals surface area contributed by atoms with Crippen LogP contribution in [0.1, 0.15) is 28.7 Å². The lowest BCUT2D eigenvalue weighted by atomic mass is 10.1. The van der Waals surface area contributed by atoms with Gasteiger partial charge in [-0.3, -0.25) is 14.3 Å². The van der Waals surface area contributed by atoms with Gasteiger partial charge in [0.25, 0.3) is 11.8 Å². The normalized spacial score (nSPS) is 10.4. The van der Waals surface area contributed by atoms with Gasteiger partial charge in [0.2, 0.25) is 0 Å². The third-order valence-electron chi connectivity index (χ3n) is 3.79. The third-order valence-corrected chi connectivity index (χ3v) is 4.28. The lowest BCUT2D eigenvalue weighted by molar-refractivity contribution is -0.114. The predicted octanol–water partition coefficient (Wildman–Crippen LogP) is 2.85. The minimum atomic E-state index is -0.263. The molecule has 6 nitrogen and oxygen atoms in total. The van der Waals surface area contributed by atoms with E-state index in [2.05, 4.69) is 17.0 Å². The Kier molecular flexibility index (Phi) is 5.98. The largest absolute Gasteiger partial charge is 0.352 e. The summed E-state index contributed by atoms with van der Waals surface area (Å²) in [6, 6.07) is 6.81. The van der Waals surface area contributed by atoms with E-state index in [1.807, 2.05) is 13.8 Å². The maximum Gasteiger partial charge on any atom is 0.251 e. The van der Waals surface area contributed by atoms with E-state index < -0.39 is 0 Å². The number of halogens is 1. The summed E-state index contributed by atoms with van der Waals surface area (Å²) in [7, 11) is 1.78. The number of hydrogen-bond acceptors (Lipinski definition) is 3. The van der Waals surface area contributed by atoms with Crippen molar-refractivity contribution >= 4 is 29.1 Å². The van der Waals surface area contributed by atoms with Gasteiger partial charge in [-0.2, -0.15) is 5.10 Å². The molecule has 132 valence electrons. The quantitative estimate of drug-likeness (QED) is 0.805. The number of carbonyl (C=O) groups excluding carboxylic acids is 2. The molecule has 0 radical (unpaired) electrons. The molecule has 0 aliphatic carbocycles. The fourth-order valence-corrected chi connectivity index (χ4v) is 2.68. The number of rotatable bonds is 6. The lowest BCUT2D eigenvalue weighted by Crippen LogP contribution is -2.30.